The molecule has 0 spiro atoms. The van der Waals surface area contributed by atoms with Crippen LogP contribution in [-0.2, 0) is 6.61 Å². The van der Waals surface area contributed by atoms with Crippen LogP contribution < -0.4 is 10.1 Å². The van der Waals surface area contributed by atoms with Gasteiger partial charge in [0, 0.05) is 6.07 Å². The Hall–Kier alpha value is -1.95. The SMILES string of the molecule is Fc1cccc(OCc2nnc(C3CCCN3)o2)c1. The molecule has 19 heavy (non-hydrogen) atoms. The Labute approximate surface area is 109 Å². The van der Waals surface area contributed by atoms with Gasteiger partial charge in [-0.3, -0.25) is 0 Å². The van der Waals surface area contributed by atoms with Crippen LogP contribution in [0.4, 0.5) is 4.39 Å². The zero-order valence-electron chi connectivity index (χ0n) is 10.3. The highest BCUT2D eigenvalue weighted by Gasteiger charge is 2.22. The number of rotatable bonds is 4. The van der Waals surface area contributed by atoms with E-state index >= 15 is 0 Å². The van der Waals surface area contributed by atoms with E-state index in [1.807, 2.05) is 0 Å². The van der Waals surface area contributed by atoms with Gasteiger partial charge in [0.25, 0.3) is 5.89 Å². The first kappa shape index (κ1) is 12.1. The highest BCUT2D eigenvalue weighted by molar-refractivity contribution is 5.22. The van der Waals surface area contributed by atoms with Crippen LogP contribution in [0, 0.1) is 5.82 Å². The van der Waals surface area contributed by atoms with Crippen LogP contribution in [0.3, 0.4) is 0 Å². The summed E-state index contributed by atoms with van der Waals surface area (Å²) >= 11 is 0. The van der Waals surface area contributed by atoms with Gasteiger partial charge in [-0.25, -0.2) is 4.39 Å². The molecule has 0 aliphatic carbocycles. The molecule has 1 aromatic heterocycles. The lowest BCUT2D eigenvalue weighted by atomic mass is 10.2. The van der Waals surface area contributed by atoms with Gasteiger partial charge in [-0.05, 0) is 31.5 Å². The molecule has 1 fully saturated rings. The zero-order valence-corrected chi connectivity index (χ0v) is 10.3. The molecule has 2 aromatic rings. The number of benzene rings is 1. The van der Waals surface area contributed by atoms with Gasteiger partial charge >= 0.3 is 0 Å². The molecule has 1 unspecified atom stereocenters. The van der Waals surface area contributed by atoms with E-state index < -0.39 is 0 Å². The van der Waals surface area contributed by atoms with Crippen LogP contribution in [0.25, 0.3) is 0 Å². The Balaban J connectivity index is 1.61. The van der Waals surface area contributed by atoms with Gasteiger partial charge in [0.05, 0.1) is 6.04 Å². The molecular formula is C13H14FN3O2. The largest absolute Gasteiger partial charge is 0.484 e. The van der Waals surface area contributed by atoms with Crippen molar-refractivity contribution in [1.29, 1.82) is 0 Å². The molecule has 0 saturated carbocycles. The maximum absolute atomic E-state index is 13.0. The molecule has 1 saturated heterocycles. The van der Waals surface area contributed by atoms with Gasteiger partial charge in [-0.15, -0.1) is 10.2 Å². The summed E-state index contributed by atoms with van der Waals surface area (Å²) in [5.74, 6) is 1.10. The third-order valence-corrected chi connectivity index (χ3v) is 3.00. The minimum absolute atomic E-state index is 0.142. The van der Waals surface area contributed by atoms with Gasteiger partial charge < -0.3 is 14.5 Å². The Bertz CT molecular complexity index is 552. The molecule has 0 bridgehead atoms. The number of halogens is 1. The molecule has 6 heteroatoms. The van der Waals surface area contributed by atoms with E-state index in [2.05, 4.69) is 15.5 Å². The van der Waals surface area contributed by atoms with Crippen LogP contribution in [0.5, 0.6) is 5.75 Å². The molecule has 5 nitrogen and oxygen atoms in total. The van der Waals surface area contributed by atoms with E-state index in [9.17, 15) is 4.39 Å². The summed E-state index contributed by atoms with van der Waals surface area (Å²) in [5.41, 5.74) is 0. The third kappa shape index (κ3) is 2.90. The lowest BCUT2D eigenvalue weighted by Gasteiger charge is -2.04. The number of hydrogen-bond acceptors (Lipinski definition) is 5. The number of nitrogens with one attached hydrogen (secondary N) is 1. The maximum atomic E-state index is 13.0. The number of ether oxygens (including phenoxy) is 1. The van der Waals surface area contributed by atoms with E-state index in [1.165, 1.54) is 12.1 Å². The molecule has 0 amide bonds. The molecule has 1 aliphatic heterocycles. The fourth-order valence-electron chi connectivity index (χ4n) is 2.06. The van der Waals surface area contributed by atoms with Crippen molar-refractivity contribution in [3.63, 3.8) is 0 Å². The lowest BCUT2D eigenvalue weighted by molar-refractivity contribution is 0.254. The van der Waals surface area contributed by atoms with Crippen molar-refractivity contribution in [2.45, 2.75) is 25.5 Å². The van der Waals surface area contributed by atoms with Crippen LogP contribution >= 0.6 is 0 Å². The maximum Gasteiger partial charge on any atom is 0.253 e. The van der Waals surface area contributed by atoms with E-state index in [0.717, 1.165) is 19.4 Å². The standard InChI is InChI=1S/C13H14FN3O2/c14-9-3-1-4-10(7-9)18-8-12-16-17-13(19-12)11-5-2-6-15-11/h1,3-4,7,11,15H,2,5-6,8H2. The Morgan fingerprint density at radius 1 is 1.42 bits per heavy atom. The minimum atomic E-state index is -0.334. The van der Waals surface area contributed by atoms with Crippen molar-refractivity contribution >= 4 is 0 Å². The molecule has 2 heterocycles. The van der Waals surface area contributed by atoms with Crippen molar-refractivity contribution < 1.29 is 13.5 Å². The Morgan fingerprint density at radius 2 is 2.37 bits per heavy atom. The number of aromatic nitrogens is 2. The summed E-state index contributed by atoms with van der Waals surface area (Å²) in [5, 5.41) is 11.2. The topological polar surface area (TPSA) is 60.2 Å². The normalized spacial score (nSPS) is 18.7. The van der Waals surface area contributed by atoms with Crippen molar-refractivity contribution in [1.82, 2.24) is 15.5 Å². The monoisotopic (exact) mass is 263 g/mol. The lowest BCUT2D eigenvalue weighted by Crippen LogP contribution is -2.12. The summed E-state index contributed by atoms with van der Waals surface area (Å²) < 4.78 is 23.9. The second-order valence-electron chi connectivity index (χ2n) is 4.43. The summed E-state index contributed by atoms with van der Waals surface area (Å²) in [4.78, 5) is 0. The molecule has 1 N–H and O–H groups in total. The number of hydrogen-bond donors (Lipinski definition) is 1. The second-order valence-corrected chi connectivity index (χ2v) is 4.43. The van der Waals surface area contributed by atoms with Crippen molar-refractivity contribution in [2.75, 3.05) is 6.54 Å². The smallest absolute Gasteiger partial charge is 0.253 e. The van der Waals surface area contributed by atoms with Crippen molar-refractivity contribution in [2.24, 2.45) is 0 Å². The average molecular weight is 263 g/mol. The Morgan fingerprint density at radius 3 is 3.16 bits per heavy atom. The molecule has 100 valence electrons. The van der Waals surface area contributed by atoms with Crippen LogP contribution in [-0.4, -0.2) is 16.7 Å². The average Bonchev–Trinajstić information content (AvgIpc) is 3.07. The van der Waals surface area contributed by atoms with Gasteiger partial charge in [0.2, 0.25) is 5.89 Å². The predicted molar refractivity (Wildman–Crippen MR) is 65.0 cm³/mol. The van der Waals surface area contributed by atoms with Gasteiger partial charge in [-0.2, -0.15) is 0 Å². The predicted octanol–water partition coefficient (Wildman–Crippen LogP) is 2.21. The van der Waals surface area contributed by atoms with Crippen molar-refractivity contribution in [3.05, 3.63) is 41.9 Å². The highest BCUT2D eigenvalue weighted by Crippen LogP contribution is 2.22. The third-order valence-electron chi connectivity index (χ3n) is 3.00. The fraction of sp³-hybridized carbons (Fsp3) is 0.385. The minimum Gasteiger partial charge on any atom is -0.484 e. The fourth-order valence-corrected chi connectivity index (χ4v) is 2.06. The zero-order chi connectivity index (χ0) is 13.1. The molecule has 0 radical (unpaired) electrons. The first-order valence-electron chi connectivity index (χ1n) is 6.25. The molecule has 1 atom stereocenters. The molecular weight excluding hydrogens is 249 g/mol. The van der Waals surface area contributed by atoms with E-state index in [1.54, 1.807) is 12.1 Å². The first-order valence-corrected chi connectivity index (χ1v) is 6.25. The summed E-state index contributed by atoms with van der Waals surface area (Å²) in [6.45, 7) is 1.12. The van der Waals surface area contributed by atoms with Gasteiger partial charge in [0.1, 0.15) is 11.6 Å². The van der Waals surface area contributed by atoms with E-state index in [-0.39, 0.29) is 18.5 Å². The van der Waals surface area contributed by atoms with Crippen LogP contribution in [0.15, 0.2) is 28.7 Å². The van der Waals surface area contributed by atoms with Gasteiger partial charge in [0.15, 0.2) is 6.61 Å². The molecule has 1 aliphatic rings. The highest BCUT2D eigenvalue weighted by atomic mass is 19.1. The number of nitrogens with zero attached hydrogens (tertiary/aromatic N) is 2. The van der Waals surface area contributed by atoms with Crippen molar-refractivity contribution in [3.8, 4) is 5.75 Å². The molecule has 3 rings (SSSR count). The summed E-state index contributed by atoms with van der Waals surface area (Å²) in [6.07, 6.45) is 2.12. The van der Waals surface area contributed by atoms with Gasteiger partial charge in [-0.1, -0.05) is 6.07 Å². The molecule has 1 aromatic carbocycles. The second kappa shape index (κ2) is 5.36. The van der Waals surface area contributed by atoms with Crippen LogP contribution in [0.2, 0.25) is 0 Å². The van der Waals surface area contributed by atoms with Crippen LogP contribution in [0.1, 0.15) is 30.7 Å². The first-order chi connectivity index (χ1) is 9.31. The van der Waals surface area contributed by atoms with E-state index in [4.69, 9.17) is 9.15 Å². The quantitative estimate of drug-likeness (QED) is 0.916. The van der Waals surface area contributed by atoms with E-state index in [0.29, 0.717) is 17.5 Å². The Kier molecular flexibility index (Phi) is 3.41. The summed E-state index contributed by atoms with van der Waals surface area (Å²) in [6, 6.07) is 6.10. The summed E-state index contributed by atoms with van der Waals surface area (Å²) in [7, 11) is 0.